The van der Waals surface area contributed by atoms with Crippen molar-refractivity contribution >= 4 is 33.7 Å². The SMILES string of the molecule is COc1ccc(C(=O)N(CC(N)=O)CC(=O)O)cc1Br. The molecule has 0 atom stereocenters. The smallest absolute Gasteiger partial charge is 0.323 e. The van der Waals surface area contributed by atoms with Gasteiger partial charge in [0.15, 0.2) is 0 Å². The molecule has 0 saturated carbocycles. The second kappa shape index (κ2) is 6.90. The summed E-state index contributed by atoms with van der Waals surface area (Å²) < 4.78 is 5.57. The summed E-state index contributed by atoms with van der Waals surface area (Å²) in [7, 11) is 1.48. The molecule has 2 amide bonds. The highest BCUT2D eigenvalue weighted by molar-refractivity contribution is 9.10. The topological polar surface area (TPSA) is 110 Å². The van der Waals surface area contributed by atoms with E-state index in [-0.39, 0.29) is 5.56 Å². The number of carbonyl (C=O) groups excluding carboxylic acids is 2. The van der Waals surface area contributed by atoms with Gasteiger partial charge in [-0.1, -0.05) is 0 Å². The van der Waals surface area contributed by atoms with Crippen LogP contribution >= 0.6 is 15.9 Å². The fraction of sp³-hybridized carbons (Fsp3) is 0.250. The summed E-state index contributed by atoms with van der Waals surface area (Å²) in [6, 6.07) is 4.51. The number of carbonyl (C=O) groups is 3. The number of hydrogen-bond donors (Lipinski definition) is 2. The first kappa shape index (κ1) is 16.0. The molecule has 1 rings (SSSR count). The van der Waals surface area contributed by atoms with Gasteiger partial charge in [0.25, 0.3) is 5.91 Å². The van der Waals surface area contributed by atoms with Crippen LogP contribution in [0.25, 0.3) is 0 Å². The zero-order valence-corrected chi connectivity index (χ0v) is 12.2. The summed E-state index contributed by atoms with van der Waals surface area (Å²) in [6.45, 7) is -1.07. The summed E-state index contributed by atoms with van der Waals surface area (Å²) in [4.78, 5) is 34.6. The fourth-order valence-corrected chi connectivity index (χ4v) is 2.07. The third kappa shape index (κ3) is 4.23. The molecule has 20 heavy (non-hydrogen) atoms. The van der Waals surface area contributed by atoms with Crippen molar-refractivity contribution in [3.63, 3.8) is 0 Å². The van der Waals surface area contributed by atoms with Crippen LogP contribution in [-0.4, -0.2) is 48.0 Å². The molecule has 0 aliphatic carbocycles. The zero-order valence-electron chi connectivity index (χ0n) is 10.6. The van der Waals surface area contributed by atoms with Gasteiger partial charge in [-0.2, -0.15) is 0 Å². The number of methoxy groups -OCH3 is 1. The Morgan fingerprint density at radius 1 is 1.35 bits per heavy atom. The maximum atomic E-state index is 12.2. The largest absolute Gasteiger partial charge is 0.496 e. The van der Waals surface area contributed by atoms with E-state index in [2.05, 4.69) is 15.9 Å². The first-order valence-electron chi connectivity index (χ1n) is 5.48. The van der Waals surface area contributed by atoms with Gasteiger partial charge in [0, 0.05) is 5.56 Å². The lowest BCUT2D eigenvalue weighted by molar-refractivity contribution is -0.138. The molecule has 0 radical (unpaired) electrons. The quantitative estimate of drug-likeness (QED) is 0.779. The van der Waals surface area contributed by atoms with Crippen LogP contribution in [0.1, 0.15) is 10.4 Å². The predicted molar refractivity (Wildman–Crippen MR) is 73.4 cm³/mol. The molecule has 0 aliphatic heterocycles. The summed E-state index contributed by atoms with van der Waals surface area (Å²) in [5.74, 6) is -2.09. The Morgan fingerprint density at radius 3 is 2.45 bits per heavy atom. The fourth-order valence-electron chi connectivity index (χ4n) is 1.53. The first-order valence-corrected chi connectivity index (χ1v) is 6.27. The number of carboxylic acid groups (broad SMARTS) is 1. The Morgan fingerprint density at radius 2 is 2.00 bits per heavy atom. The highest BCUT2D eigenvalue weighted by atomic mass is 79.9. The molecule has 0 heterocycles. The molecule has 0 aromatic heterocycles. The summed E-state index contributed by atoms with van der Waals surface area (Å²) in [5, 5.41) is 8.75. The minimum absolute atomic E-state index is 0.222. The number of carboxylic acids is 1. The van der Waals surface area contributed by atoms with Crippen molar-refractivity contribution in [1.29, 1.82) is 0 Å². The van der Waals surface area contributed by atoms with E-state index in [1.54, 1.807) is 6.07 Å². The van der Waals surface area contributed by atoms with E-state index >= 15 is 0 Å². The molecule has 1 aromatic carbocycles. The van der Waals surface area contributed by atoms with Crippen molar-refractivity contribution in [1.82, 2.24) is 4.90 Å². The maximum Gasteiger partial charge on any atom is 0.323 e. The lowest BCUT2D eigenvalue weighted by Gasteiger charge is -2.19. The first-order chi connectivity index (χ1) is 9.35. The van der Waals surface area contributed by atoms with E-state index < -0.39 is 30.9 Å². The van der Waals surface area contributed by atoms with Crippen molar-refractivity contribution in [2.24, 2.45) is 5.73 Å². The second-order valence-corrected chi connectivity index (χ2v) is 4.72. The Labute approximate surface area is 123 Å². The van der Waals surface area contributed by atoms with E-state index in [1.807, 2.05) is 0 Å². The monoisotopic (exact) mass is 344 g/mol. The molecular formula is C12H13BrN2O5. The van der Waals surface area contributed by atoms with Gasteiger partial charge in [0.05, 0.1) is 11.6 Å². The van der Waals surface area contributed by atoms with Crippen LogP contribution in [0.4, 0.5) is 0 Å². The van der Waals surface area contributed by atoms with E-state index in [9.17, 15) is 14.4 Å². The molecule has 7 nitrogen and oxygen atoms in total. The number of aliphatic carboxylic acids is 1. The van der Waals surface area contributed by atoms with Gasteiger partial charge in [-0.25, -0.2) is 0 Å². The number of nitrogens with zero attached hydrogens (tertiary/aromatic N) is 1. The Bertz CT molecular complexity index is 531. The third-order valence-electron chi connectivity index (χ3n) is 2.36. The lowest BCUT2D eigenvalue weighted by atomic mass is 10.2. The highest BCUT2D eigenvalue weighted by Gasteiger charge is 2.21. The third-order valence-corrected chi connectivity index (χ3v) is 2.98. The van der Waals surface area contributed by atoms with Crippen LogP contribution < -0.4 is 10.5 Å². The summed E-state index contributed by atoms with van der Waals surface area (Å²) in [6.07, 6.45) is 0. The molecule has 1 aromatic rings. The van der Waals surface area contributed by atoms with Crippen molar-refractivity contribution in [2.45, 2.75) is 0 Å². The van der Waals surface area contributed by atoms with Crippen molar-refractivity contribution in [3.8, 4) is 5.75 Å². The van der Waals surface area contributed by atoms with Gasteiger partial charge < -0.3 is 20.5 Å². The molecule has 0 unspecified atom stereocenters. The molecule has 0 aliphatic rings. The molecule has 3 N–H and O–H groups in total. The standard InChI is InChI=1S/C12H13BrN2O5/c1-20-9-3-2-7(4-8(9)13)12(19)15(5-10(14)16)6-11(17)18/h2-4H,5-6H2,1H3,(H2,14,16)(H,17,18). The predicted octanol–water partition coefficient (Wildman–Crippen LogP) is 0.470. The van der Waals surface area contributed by atoms with Crippen molar-refractivity contribution < 1.29 is 24.2 Å². The van der Waals surface area contributed by atoms with Crippen LogP contribution in [0.2, 0.25) is 0 Å². The van der Waals surface area contributed by atoms with Crippen molar-refractivity contribution in [3.05, 3.63) is 28.2 Å². The number of rotatable bonds is 6. The van der Waals surface area contributed by atoms with Gasteiger partial charge in [0.2, 0.25) is 5.91 Å². The normalized spacial score (nSPS) is 9.90. The van der Waals surface area contributed by atoms with Crippen molar-refractivity contribution in [2.75, 3.05) is 20.2 Å². The number of halogens is 1. The molecule has 8 heteroatoms. The zero-order chi connectivity index (χ0) is 15.3. The Hall–Kier alpha value is -2.09. The van der Waals surface area contributed by atoms with Crippen LogP contribution in [-0.2, 0) is 9.59 Å². The van der Waals surface area contributed by atoms with E-state index in [0.717, 1.165) is 4.90 Å². The number of benzene rings is 1. The van der Waals surface area contributed by atoms with Gasteiger partial charge in [0.1, 0.15) is 18.8 Å². The molecule has 0 saturated heterocycles. The molecular weight excluding hydrogens is 332 g/mol. The van der Waals surface area contributed by atoms with Crippen LogP contribution in [0, 0.1) is 0 Å². The van der Waals surface area contributed by atoms with Crippen LogP contribution in [0.3, 0.4) is 0 Å². The Kier molecular flexibility index (Phi) is 5.51. The molecule has 0 spiro atoms. The number of ether oxygens (including phenoxy) is 1. The molecule has 108 valence electrons. The van der Waals surface area contributed by atoms with Crippen LogP contribution in [0.15, 0.2) is 22.7 Å². The maximum absolute atomic E-state index is 12.2. The Balaban J connectivity index is 3.01. The summed E-state index contributed by atoms with van der Waals surface area (Å²) in [5.41, 5.74) is 5.23. The average molecular weight is 345 g/mol. The average Bonchev–Trinajstić information content (AvgIpc) is 2.35. The van der Waals surface area contributed by atoms with Crippen LogP contribution in [0.5, 0.6) is 5.75 Å². The highest BCUT2D eigenvalue weighted by Crippen LogP contribution is 2.26. The second-order valence-electron chi connectivity index (χ2n) is 3.87. The minimum Gasteiger partial charge on any atom is -0.496 e. The van der Waals surface area contributed by atoms with E-state index in [1.165, 1.54) is 19.2 Å². The van der Waals surface area contributed by atoms with Gasteiger partial charge in [-0.15, -0.1) is 0 Å². The number of hydrogen-bond acceptors (Lipinski definition) is 4. The number of amides is 2. The molecule has 0 fully saturated rings. The minimum atomic E-state index is -1.23. The number of primary amides is 1. The molecule has 0 bridgehead atoms. The van der Waals surface area contributed by atoms with Gasteiger partial charge in [-0.3, -0.25) is 14.4 Å². The number of nitrogens with two attached hydrogens (primary N) is 1. The lowest BCUT2D eigenvalue weighted by Crippen LogP contribution is -2.41. The van der Waals surface area contributed by atoms with Gasteiger partial charge >= 0.3 is 5.97 Å². The summed E-state index contributed by atoms with van der Waals surface area (Å²) >= 11 is 3.22. The van der Waals surface area contributed by atoms with E-state index in [0.29, 0.717) is 10.2 Å². The van der Waals surface area contributed by atoms with E-state index in [4.69, 9.17) is 15.6 Å². The van der Waals surface area contributed by atoms with Gasteiger partial charge in [-0.05, 0) is 34.1 Å².